The number of aromatic nitrogens is 1. The van der Waals surface area contributed by atoms with E-state index in [1.165, 1.54) is 47.0 Å². The van der Waals surface area contributed by atoms with Crippen LogP contribution in [0.2, 0.25) is 10.0 Å². The third kappa shape index (κ3) is 7.93. The Morgan fingerprint density at radius 3 is 2.47 bits per heavy atom. The van der Waals surface area contributed by atoms with Crippen LogP contribution in [0.15, 0.2) is 65.8 Å². The molecule has 1 N–H and O–H groups in total. The van der Waals surface area contributed by atoms with Gasteiger partial charge in [-0.3, -0.25) is 0 Å². The fourth-order valence-electron chi connectivity index (χ4n) is 4.55. The molecule has 1 unspecified atom stereocenters. The van der Waals surface area contributed by atoms with Gasteiger partial charge in [-0.05, 0) is 48.6 Å². The lowest BCUT2D eigenvalue weighted by Gasteiger charge is -2.32. The second-order valence-electron chi connectivity index (χ2n) is 10.1. The van der Waals surface area contributed by atoms with E-state index in [0.29, 0.717) is 23.7 Å². The van der Waals surface area contributed by atoms with Crippen molar-refractivity contribution in [3.8, 4) is 11.5 Å². The van der Waals surface area contributed by atoms with Gasteiger partial charge in [-0.15, -0.1) is 0 Å². The number of nitrogens with one attached hydrogen (secondary N) is 1. The van der Waals surface area contributed by atoms with Gasteiger partial charge in [0.2, 0.25) is 10.0 Å². The van der Waals surface area contributed by atoms with E-state index in [-0.39, 0.29) is 52.6 Å². The van der Waals surface area contributed by atoms with Crippen LogP contribution in [0, 0.1) is 5.92 Å². The predicted molar refractivity (Wildman–Crippen MR) is 152 cm³/mol. The van der Waals surface area contributed by atoms with E-state index in [4.69, 9.17) is 37.4 Å². The Bertz CT molecular complexity index is 1520. The van der Waals surface area contributed by atoms with Crippen molar-refractivity contribution in [1.29, 1.82) is 0 Å². The molecule has 43 heavy (non-hydrogen) atoms. The SMILES string of the molecule is O=C(O[C@@H](Cc1c(Cl)c[nH+]cc1Cl)c1ccc(OC(F)F)c(OCC2CC2)c1)C1CN(S(=O)(=O)c2ccccc2)CCO1. The molecule has 2 heterocycles. The molecule has 1 saturated heterocycles. The number of carbonyl (C=O) groups excluding carboxylic acids is 1. The monoisotopic (exact) mass is 657 g/mol. The molecule has 2 fully saturated rings. The average molecular weight is 659 g/mol. The van der Waals surface area contributed by atoms with Crippen LogP contribution in [-0.4, -0.2) is 57.7 Å². The predicted octanol–water partition coefficient (Wildman–Crippen LogP) is 5.11. The van der Waals surface area contributed by atoms with Crippen molar-refractivity contribution in [3.05, 3.63) is 82.1 Å². The Morgan fingerprint density at radius 2 is 1.79 bits per heavy atom. The number of nitrogens with zero attached hydrogens (tertiary/aromatic N) is 1. The van der Waals surface area contributed by atoms with Crippen LogP contribution in [0.5, 0.6) is 11.5 Å². The molecule has 3 aromatic rings. The second-order valence-corrected chi connectivity index (χ2v) is 12.9. The molecule has 5 rings (SSSR count). The summed E-state index contributed by atoms with van der Waals surface area (Å²) in [6.45, 7) is -2.98. The zero-order valence-corrected chi connectivity index (χ0v) is 25.1. The lowest BCUT2D eigenvalue weighted by molar-refractivity contribution is -0.377. The van der Waals surface area contributed by atoms with Crippen LogP contribution in [0.4, 0.5) is 8.78 Å². The lowest BCUT2D eigenvalue weighted by Crippen LogP contribution is -2.49. The van der Waals surface area contributed by atoms with E-state index in [1.54, 1.807) is 18.2 Å². The molecule has 2 aromatic carbocycles. The smallest absolute Gasteiger partial charge is 0.387 e. The number of pyridine rings is 1. The van der Waals surface area contributed by atoms with Crippen LogP contribution in [0.25, 0.3) is 0 Å². The molecule has 1 aliphatic heterocycles. The fourth-order valence-corrected chi connectivity index (χ4v) is 6.53. The zero-order valence-electron chi connectivity index (χ0n) is 22.8. The second kappa shape index (κ2) is 13.7. The van der Waals surface area contributed by atoms with Gasteiger partial charge < -0.3 is 18.9 Å². The number of alkyl halides is 2. The van der Waals surface area contributed by atoms with Gasteiger partial charge in [0.15, 0.2) is 30.0 Å². The maximum Gasteiger partial charge on any atom is 0.387 e. The molecule has 0 amide bonds. The summed E-state index contributed by atoms with van der Waals surface area (Å²) in [4.78, 5) is 16.4. The zero-order chi connectivity index (χ0) is 30.6. The Balaban J connectivity index is 1.41. The summed E-state index contributed by atoms with van der Waals surface area (Å²) in [5, 5.41) is 0.566. The van der Waals surface area contributed by atoms with Gasteiger partial charge in [-0.1, -0.05) is 47.5 Å². The van der Waals surface area contributed by atoms with E-state index in [1.807, 2.05) is 0 Å². The van der Waals surface area contributed by atoms with E-state index < -0.39 is 34.8 Å². The van der Waals surface area contributed by atoms with Crippen molar-refractivity contribution in [2.45, 2.75) is 43.0 Å². The summed E-state index contributed by atoms with van der Waals surface area (Å²) >= 11 is 12.8. The molecule has 9 nitrogen and oxygen atoms in total. The van der Waals surface area contributed by atoms with Crippen LogP contribution in [0.1, 0.15) is 30.1 Å². The maximum atomic E-state index is 13.5. The molecule has 14 heteroatoms. The molecule has 0 radical (unpaired) electrons. The summed E-state index contributed by atoms with van der Waals surface area (Å²) in [5.41, 5.74) is 0.858. The highest BCUT2D eigenvalue weighted by Crippen LogP contribution is 2.38. The molecular weight excluding hydrogens is 629 g/mol. The van der Waals surface area contributed by atoms with Crippen molar-refractivity contribution < 1.29 is 45.9 Å². The van der Waals surface area contributed by atoms with Crippen molar-refractivity contribution >= 4 is 39.2 Å². The normalized spacial score (nSPS) is 18.3. The van der Waals surface area contributed by atoms with Crippen LogP contribution in [-0.2, 0) is 30.7 Å². The first-order chi connectivity index (χ1) is 20.6. The lowest BCUT2D eigenvalue weighted by atomic mass is 10.0. The van der Waals surface area contributed by atoms with E-state index in [2.05, 4.69) is 9.72 Å². The molecule has 0 bridgehead atoms. The first-order valence-corrected chi connectivity index (χ1v) is 15.7. The highest BCUT2D eigenvalue weighted by atomic mass is 35.5. The Kier molecular flexibility index (Phi) is 10.0. The molecule has 2 aliphatic rings. The summed E-state index contributed by atoms with van der Waals surface area (Å²) in [5.74, 6) is -0.583. The van der Waals surface area contributed by atoms with Gasteiger partial charge in [0.25, 0.3) is 0 Å². The van der Waals surface area contributed by atoms with Gasteiger partial charge in [0.05, 0.1) is 24.7 Å². The number of halogens is 4. The number of esters is 1. The van der Waals surface area contributed by atoms with Crippen molar-refractivity contribution in [1.82, 2.24) is 4.31 Å². The number of H-pyrrole nitrogens is 1. The van der Waals surface area contributed by atoms with Crippen LogP contribution < -0.4 is 14.5 Å². The number of rotatable bonds is 12. The number of aromatic amines is 1. The van der Waals surface area contributed by atoms with E-state index >= 15 is 0 Å². The summed E-state index contributed by atoms with van der Waals surface area (Å²) in [6, 6.07) is 12.1. The summed E-state index contributed by atoms with van der Waals surface area (Å²) in [6.07, 6.45) is 2.74. The Hall–Kier alpha value is -3.03. The quantitative estimate of drug-likeness (QED) is 0.249. The number of ether oxygens (including phenoxy) is 4. The number of morpholine rings is 1. The van der Waals surface area contributed by atoms with Gasteiger partial charge in [-0.2, -0.15) is 13.1 Å². The molecule has 1 aromatic heterocycles. The van der Waals surface area contributed by atoms with Crippen molar-refractivity contribution in [2.24, 2.45) is 5.92 Å². The largest absolute Gasteiger partial charge is 0.489 e. The minimum Gasteiger partial charge on any atom is -0.489 e. The van der Waals surface area contributed by atoms with Gasteiger partial charge in [0, 0.05) is 18.5 Å². The number of sulfonamides is 1. The first-order valence-electron chi connectivity index (χ1n) is 13.5. The highest BCUT2D eigenvalue weighted by molar-refractivity contribution is 7.89. The highest BCUT2D eigenvalue weighted by Gasteiger charge is 2.36. The summed E-state index contributed by atoms with van der Waals surface area (Å²) in [7, 11) is -3.88. The number of benzene rings is 2. The third-order valence-electron chi connectivity index (χ3n) is 7.04. The van der Waals surface area contributed by atoms with Crippen LogP contribution in [0.3, 0.4) is 0 Å². The number of carbonyl (C=O) groups is 1. The minimum absolute atomic E-state index is 0.00789. The van der Waals surface area contributed by atoms with Crippen molar-refractivity contribution in [3.63, 3.8) is 0 Å². The standard InChI is InChI=1S/C29H28Cl2F2N2O7S/c30-22-14-34-15-23(31)21(22)13-25(19-8-9-24(42-29(32)33)26(12-19)40-17-18-6-7-18)41-28(36)27-16-35(10-11-39-27)43(37,38)20-4-2-1-3-5-20/h1-5,8-9,12,14-15,18,25,27,29H,6-7,10-11,13,16-17H2/p+1/t25-,27?/m0/s1. The molecule has 1 saturated carbocycles. The summed E-state index contributed by atoms with van der Waals surface area (Å²) < 4.78 is 75.8. The molecule has 230 valence electrons. The Morgan fingerprint density at radius 1 is 1.07 bits per heavy atom. The molecule has 0 spiro atoms. The van der Waals surface area contributed by atoms with Gasteiger partial charge >= 0.3 is 12.6 Å². The first kappa shape index (κ1) is 31.4. The fraction of sp³-hybridized carbons (Fsp3) is 0.379. The average Bonchev–Trinajstić information content (AvgIpc) is 3.83. The number of hydrogen-bond donors (Lipinski definition) is 0. The maximum absolute atomic E-state index is 13.5. The van der Waals surface area contributed by atoms with E-state index in [0.717, 1.165) is 12.8 Å². The molecule has 1 aliphatic carbocycles. The third-order valence-corrected chi connectivity index (χ3v) is 9.60. The number of hydrogen-bond acceptors (Lipinski definition) is 7. The minimum atomic E-state index is -3.88. The van der Waals surface area contributed by atoms with Gasteiger partial charge in [-0.25, -0.2) is 18.2 Å². The van der Waals surface area contributed by atoms with Crippen molar-refractivity contribution in [2.75, 3.05) is 26.3 Å². The Labute approximate surface area is 257 Å². The van der Waals surface area contributed by atoms with Crippen LogP contribution >= 0.6 is 23.2 Å². The molecular formula is C29H29Cl2F2N2O7S+. The van der Waals surface area contributed by atoms with Gasteiger partial charge in [0.1, 0.15) is 16.1 Å². The topological polar surface area (TPSA) is 106 Å². The molecule has 2 atom stereocenters. The van der Waals surface area contributed by atoms with E-state index in [9.17, 15) is 22.0 Å².